The normalized spacial score (nSPS) is 10.8. The van der Waals surface area contributed by atoms with Crippen LogP contribution in [-0.4, -0.2) is 7.05 Å². The Morgan fingerprint density at radius 2 is 1.78 bits per heavy atom. The number of anilines is 2. The van der Waals surface area contributed by atoms with E-state index in [1.165, 1.54) is 0 Å². The lowest BCUT2D eigenvalue weighted by Gasteiger charge is -2.07. The Bertz CT molecular complexity index is 562. The van der Waals surface area contributed by atoms with E-state index in [1.54, 1.807) is 0 Å². The van der Waals surface area contributed by atoms with Crippen molar-refractivity contribution in [2.45, 2.75) is 6.92 Å². The Hall–Kier alpha value is -2.36. The Morgan fingerprint density at radius 3 is 2.44 bits per heavy atom. The number of rotatable bonds is 3. The lowest BCUT2D eigenvalue weighted by molar-refractivity contribution is 1.22. The van der Waals surface area contributed by atoms with E-state index in [2.05, 4.69) is 15.5 Å². The molecule has 4 heteroatoms. The molecule has 0 radical (unpaired) electrons. The third kappa shape index (κ3) is 2.66. The monoisotopic (exact) mass is 240 g/mol. The van der Waals surface area contributed by atoms with Crippen molar-refractivity contribution in [3.05, 3.63) is 48.0 Å². The number of aryl methyl sites for hydroxylation is 1. The van der Waals surface area contributed by atoms with Crippen LogP contribution in [0.1, 0.15) is 5.56 Å². The maximum Gasteiger partial charge on any atom is 0.109 e. The molecule has 3 N–H and O–H groups in total. The highest BCUT2D eigenvalue weighted by Gasteiger charge is 2.03. The Kier molecular flexibility index (Phi) is 3.57. The average molecular weight is 240 g/mol. The van der Waals surface area contributed by atoms with E-state index in [0.717, 1.165) is 28.3 Å². The van der Waals surface area contributed by atoms with Crippen molar-refractivity contribution in [3.63, 3.8) is 0 Å². The molecule has 0 saturated heterocycles. The van der Waals surface area contributed by atoms with Gasteiger partial charge in [-0.05, 0) is 36.8 Å². The lowest BCUT2D eigenvalue weighted by atomic mass is 10.1. The summed E-state index contributed by atoms with van der Waals surface area (Å²) in [7, 11) is 1.84. The highest BCUT2D eigenvalue weighted by molar-refractivity contribution is 5.72. The van der Waals surface area contributed by atoms with Gasteiger partial charge in [0.25, 0.3) is 0 Å². The van der Waals surface area contributed by atoms with Crippen molar-refractivity contribution in [1.29, 1.82) is 0 Å². The summed E-state index contributed by atoms with van der Waals surface area (Å²) in [5, 5.41) is 11.5. The number of hydrogen-bond donors (Lipinski definition) is 2. The molecule has 0 unspecified atom stereocenters. The molecule has 2 rings (SSSR count). The molecule has 0 aromatic heterocycles. The molecule has 4 nitrogen and oxygen atoms in total. The Balaban J connectivity index is 2.34. The van der Waals surface area contributed by atoms with Gasteiger partial charge in [0.15, 0.2) is 0 Å². The van der Waals surface area contributed by atoms with Crippen LogP contribution >= 0.6 is 0 Å². The lowest BCUT2D eigenvalue weighted by Crippen LogP contribution is -1.94. The maximum atomic E-state index is 5.86. The molecule has 18 heavy (non-hydrogen) atoms. The fraction of sp³-hybridized carbons (Fsp3) is 0.143. The van der Waals surface area contributed by atoms with Crippen molar-refractivity contribution in [2.75, 3.05) is 18.1 Å². The number of azo groups is 1. The highest BCUT2D eigenvalue weighted by Crippen LogP contribution is 2.31. The van der Waals surface area contributed by atoms with Crippen molar-refractivity contribution >= 4 is 22.7 Å². The van der Waals surface area contributed by atoms with Gasteiger partial charge in [-0.1, -0.05) is 18.2 Å². The highest BCUT2D eigenvalue weighted by atomic mass is 15.1. The first-order chi connectivity index (χ1) is 8.70. The van der Waals surface area contributed by atoms with Gasteiger partial charge in [-0.3, -0.25) is 0 Å². The second kappa shape index (κ2) is 5.31. The number of benzene rings is 2. The van der Waals surface area contributed by atoms with Gasteiger partial charge in [0.05, 0.1) is 11.4 Å². The van der Waals surface area contributed by atoms with E-state index < -0.39 is 0 Å². The summed E-state index contributed by atoms with van der Waals surface area (Å²) in [6, 6.07) is 13.4. The van der Waals surface area contributed by atoms with E-state index >= 15 is 0 Å². The summed E-state index contributed by atoms with van der Waals surface area (Å²) in [5.41, 5.74) is 10.1. The minimum absolute atomic E-state index is 0.748. The predicted molar refractivity (Wildman–Crippen MR) is 75.8 cm³/mol. The van der Waals surface area contributed by atoms with Crippen LogP contribution < -0.4 is 11.1 Å². The fourth-order valence-corrected chi connectivity index (χ4v) is 1.60. The van der Waals surface area contributed by atoms with Crippen LogP contribution in [0.15, 0.2) is 52.7 Å². The van der Waals surface area contributed by atoms with Gasteiger partial charge in [0.2, 0.25) is 0 Å². The van der Waals surface area contributed by atoms with Gasteiger partial charge in [0.1, 0.15) is 5.69 Å². The minimum atomic E-state index is 0.748. The van der Waals surface area contributed by atoms with Crippen LogP contribution in [-0.2, 0) is 0 Å². The van der Waals surface area contributed by atoms with Crippen molar-refractivity contribution in [1.82, 2.24) is 0 Å². The van der Waals surface area contributed by atoms with Crippen LogP contribution in [0.4, 0.5) is 22.7 Å². The Labute approximate surface area is 107 Å². The van der Waals surface area contributed by atoms with Crippen LogP contribution in [0.2, 0.25) is 0 Å². The van der Waals surface area contributed by atoms with E-state index in [9.17, 15) is 0 Å². The van der Waals surface area contributed by atoms with Crippen LogP contribution in [0.3, 0.4) is 0 Å². The van der Waals surface area contributed by atoms with Crippen molar-refractivity contribution < 1.29 is 0 Å². The van der Waals surface area contributed by atoms with E-state index in [-0.39, 0.29) is 0 Å². The SMILES string of the molecule is CNc1cc(N)c(C)cc1N=Nc1ccccc1. The molecule has 2 aromatic carbocycles. The second-order valence-electron chi connectivity index (χ2n) is 4.01. The molecule has 0 saturated carbocycles. The van der Waals surface area contributed by atoms with Gasteiger partial charge in [-0.2, -0.15) is 5.11 Å². The van der Waals surface area contributed by atoms with Gasteiger partial charge in [-0.25, -0.2) is 0 Å². The molecule has 0 amide bonds. The van der Waals surface area contributed by atoms with Gasteiger partial charge in [0, 0.05) is 12.7 Å². The van der Waals surface area contributed by atoms with Crippen LogP contribution in [0.5, 0.6) is 0 Å². The molecule has 0 fully saturated rings. The van der Waals surface area contributed by atoms with E-state index in [4.69, 9.17) is 5.73 Å². The van der Waals surface area contributed by atoms with Gasteiger partial charge < -0.3 is 11.1 Å². The molecule has 0 atom stereocenters. The summed E-state index contributed by atoms with van der Waals surface area (Å²) in [5.74, 6) is 0. The number of hydrogen-bond acceptors (Lipinski definition) is 4. The summed E-state index contributed by atoms with van der Waals surface area (Å²) >= 11 is 0. The summed E-state index contributed by atoms with van der Waals surface area (Å²) in [4.78, 5) is 0. The molecule has 0 aliphatic heterocycles. The number of nitrogen functional groups attached to an aromatic ring is 1. The zero-order valence-electron chi connectivity index (χ0n) is 10.5. The molecular formula is C14H16N4. The largest absolute Gasteiger partial charge is 0.398 e. The van der Waals surface area contributed by atoms with Gasteiger partial charge in [-0.15, -0.1) is 5.11 Å². The first-order valence-electron chi connectivity index (χ1n) is 5.75. The maximum absolute atomic E-state index is 5.86. The zero-order chi connectivity index (χ0) is 13.0. The third-order valence-corrected chi connectivity index (χ3v) is 2.68. The fourth-order valence-electron chi connectivity index (χ4n) is 1.60. The number of nitrogens with one attached hydrogen (secondary N) is 1. The molecular weight excluding hydrogens is 224 g/mol. The first kappa shape index (κ1) is 12.1. The molecule has 0 aliphatic rings. The summed E-state index contributed by atoms with van der Waals surface area (Å²) < 4.78 is 0. The molecule has 2 aromatic rings. The minimum Gasteiger partial charge on any atom is -0.398 e. The predicted octanol–water partition coefficient (Wildman–Crippen LogP) is 4.03. The summed E-state index contributed by atoms with van der Waals surface area (Å²) in [6.07, 6.45) is 0. The molecule has 0 spiro atoms. The summed E-state index contributed by atoms with van der Waals surface area (Å²) in [6.45, 7) is 1.95. The third-order valence-electron chi connectivity index (χ3n) is 2.68. The topological polar surface area (TPSA) is 62.8 Å². The smallest absolute Gasteiger partial charge is 0.109 e. The standard InChI is InChI=1S/C14H16N4/c1-10-8-14(13(16-2)9-12(10)15)18-17-11-6-4-3-5-7-11/h3-9,16H,15H2,1-2H3. The van der Waals surface area contributed by atoms with Crippen molar-refractivity contribution in [2.24, 2.45) is 10.2 Å². The van der Waals surface area contributed by atoms with E-state index in [0.29, 0.717) is 0 Å². The second-order valence-corrected chi connectivity index (χ2v) is 4.01. The van der Waals surface area contributed by atoms with Crippen LogP contribution in [0.25, 0.3) is 0 Å². The number of nitrogens with two attached hydrogens (primary N) is 1. The van der Waals surface area contributed by atoms with Gasteiger partial charge >= 0.3 is 0 Å². The molecule has 0 heterocycles. The number of nitrogens with zero attached hydrogens (tertiary/aromatic N) is 2. The molecule has 0 bridgehead atoms. The molecule has 92 valence electrons. The van der Waals surface area contributed by atoms with E-state index in [1.807, 2.05) is 56.4 Å². The van der Waals surface area contributed by atoms with Crippen molar-refractivity contribution in [3.8, 4) is 0 Å². The molecule has 0 aliphatic carbocycles. The quantitative estimate of drug-likeness (QED) is 0.628. The first-order valence-corrected chi connectivity index (χ1v) is 5.75. The average Bonchev–Trinajstić information content (AvgIpc) is 2.41. The zero-order valence-corrected chi connectivity index (χ0v) is 10.5. The van der Waals surface area contributed by atoms with Crippen LogP contribution in [0, 0.1) is 6.92 Å². The Morgan fingerprint density at radius 1 is 1.06 bits per heavy atom.